The van der Waals surface area contributed by atoms with Crippen LogP contribution in [0.25, 0.3) is 11.2 Å². The van der Waals surface area contributed by atoms with Crippen molar-refractivity contribution in [2.45, 2.75) is 63.5 Å². The number of nitrogens with one attached hydrogen (secondary N) is 2. The maximum absolute atomic E-state index is 11.7. The molecular formula is C24H26Cl2N8O. The summed E-state index contributed by atoms with van der Waals surface area (Å²) in [5, 5.41) is 16.6. The predicted octanol–water partition coefficient (Wildman–Crippen LogP) is 5.32. The third-order valence-corrected chi connectivity index (χ3v) is 7.59. The Morgan fingerprint density at radius 2 is 1.77 bits per heavy atom. The molecule has 1 aromatic carbocycles. The summed E-state index contributed by atoms with van der Waals surface area (Å²) in [6, 6.07) is 5.61. The summed E-state index contributed by atoms with van der Waals surface area (Å²) in [6.07, 6.45) is 9.29. The first-order chi connectivity index (χ1) is 16.9. The number of carbonyl (C=O) groups excluding carboxylic acids is 1. The first-order valence-electron chi connectivity index (χ1n) is 11.9. The van der Waals surface area contributed by atoms with Crippen molar-refractivity contribution in [3.8, 4) is 6.07 Å². The van der Waals surface area contributed by atoms with Crippen LogP contribution in [0.4, 0.5) is 17.6 Å². The number of amides is 1. The quantitative estimate of drug-likeness (QED) is 0.406. The number of halogens is 2. The van der Waals surface area contributed by atoms with Crippen LogP contribution in [-0.2, 0) is 4.79 Å². The maximum atomic E-state index is 11.7. The predicted molar refractivity (Wildman–Crippen MR) is 136 cm³/mol. The number of aromatic nitrogens is 4. The van der Waals surface area contributed by atoms with E-state index >= 15 is 0 Å². The average Bonchev–Trinajstić information content (AvgIpc) is 3.48. The van der Waals surface area contributed by atoms with E-state index < -0.39 is 0 Å². The zero-order chi connectivity index (χ0) is 24.5. The van der Waals surface area contributed by atoms with E-state index in [1.54, 1.807) is 18.3 Å². The molecule has 0 bridgehead atoms. The third-order valence-electron chi connectivity index (χ3n) is 6.99. The van der Waals surface area contributed by atoms with E-state index in [4.69, 9.17) is 38.9 Å². The van der Waals surface area contributed by atoms with Crippen molar-refractivity contribution in [3.63, 3.8) is 0 Å². The molecule has 0 saturated heterocycles. The molecule has 0 unspecified atom stereocenters. The van der Waals surface area contributed by atoms with Crippen molar-refractivity contribution >= 4 is 57.9 Å². The Morgan fingerprint density at radius 3 is 2.40 bits per heavy atom. The number of nitrogens with zero attached hydrogens (tertiary/aromatic N) is 5. The highest BCUT2D eigenvalue weighted by Crippen LogP contribution is 2.39. The lowest BCUT2D eigenvalue weighted by molar-refractivity contribution is -0.122. The van der Waals surface area contributed by atoms with Gasteiger partial charge in [0.2, 0.25) is 17.8 Å². The van der Waals surface area contributed by atoms with Gasteiger partial charge in [-0.25, -0.2) is 9.97 Å². The maximum Gasteiger partial charge on any atom is 0.224 e. The first kappa shape index (κ1) is 23.6. The van der Waals surface area contributed by atoms with Gasteiger partial charge in [0, 0.05) is 18.0 Å². The topological polar surface area (TPSA) is 135 Å². The molecule has 2 aliphatic rings. The normalized spacial score (nSPS) is 20.6. The molecule has 5 rings (SSSR count). The molecule has 2 aliphatic carbocycles. The van der Waals surface area contributed by atoms with Crippen molar-refractivity contribution in [1.82, 2.24) is 19.5 Å². The number of nitriles is 1. The van der Waals surface area contributed by atoms with Crippen LogP contribution in [0.3, 0.4) is 0 Å². The monoisotopic (exact) mass is 512 g/mol. The van der Waals surface area contributed by atoms with E-state index in [1.165, 1.54) is 12.8 Å². The second-order valence-electron chi connectivity index (χ2n) is 9.29. The Labute approximate surface area is 213 Å². The molecule has 1 amide bonds. The standard InChI is InChI=1S/C24H26Cl2N8O/c25-17-9-13(11-27)10-18(26)20(17)32-24-31-19-12-29-23(30-15-3-1-2-4-15)33-22(19)34(24)16-7-5-14(6-8-16)21(28)35/h9-10,12,14-16H,1-8H2,(H2,28,35)(H,31,32)(H,29,30,33). The summed E-state index contributed by atoms with van der Waals surface area (Å²) in [5.74, 6) is 0.744. The lowest BCUT2D eigenvalue weighted by Crippen LogP contribution is -2.28. The second-order valence-corrected chi connectivity index (χ2v) is 10.1. The van der Waals surface area contributed by atoms with Crippen molar-refractivity contribution in [2.75, 3.05) is 10.6 Å². The zero-order valence-electron chi connectivity index (χ0n) is 19.1. The van der Waals surface area contributed by atoms with Gasteiger partial charge in [-0.15, -0.1) is 0 Å². The smallest absolute Gasteiger partial charge is 0.224 e. The van der Waals surface area contributed by atoms with Crippen LogP contribution < -0.4 is 16.4 Å². The molecule has 11 heteroatoms. The summed E-state index contributed by atoms with van der Waals surface area (Å²) in [5.41, 5.74) is 7.74. The van der Waals surface area contributed by atoms with Gasteiger partial charge in [0.1, 0.15) is 5.52 Å². The van der Waals surface area contributed by atoms with Crippen molar-refractivity contribution in [2.24, 2.45) is 11.7 Å². The Kier molecular flexibility index (Phi) is 6.67. The molecule has 2 heterocycles. The molecule has 9 nitrogen and oxygen atoms in total. The molecule has 2 aromatic heterocycles. The second kappa shape index (κ2) is 9.88. The van der Waals surface area contributed by atoms with Crippen molar-refractivity contribution in [1.29, 1.82) is 5.26 Å². The van der Waals surface area contributed by atoms with Gasteiger partial charge in [-0.05, 0) is 50.7 Å². The molecular weight excluding hydrogens is 487 g/mol. The number of benzene rings is 1. The highest BCUT2D eigenvalue weighted by atomic mass is 35.5. The fourth-order valence-electron chi connectivity index (χ4n) is 5.13. The molecule has 0 aliphatic heterocycles. The van der Waals surface area contributed by atoms with Crippen LogP contribution in [0.1, 0.15) is 63.0 Å². The molecule has 0 radical (unpaired) electrons. The molecule has 182 valence electrons. The van der Waals surface area contributed by atoms with Crippen LogP contribution in [0, 0.1) is 17.2 Å². The average molecular weight is 513 g/mol. The van der Waals surface area contributed by atoms with E-state index in [-0.39, 0.29) is 17.9 Å². The Balaban J connectivity index is 1.54. The van der Waals surface area contributed by atoms with Crippen LogP contribution in [0.2, 0.25) is 10.0 Å². The number of fused-ring (bicyclic) bond motifs is 1. The summed E-state index contributed by atoms with van der Waals surface area (Å²) in [7, 11) is 0. The van der Waals surface area contributed by atoms with Crippen molar-refractivity contribution < 1.29 is 4.79 Å². The number of anilines is 3. The fourth-order valence-corrected chi connectivity index (χ4v) is 5.72. The molecule has 35 heavy (non-hydrogen) atoms. The van der Waals surface area contributed by atoms with Gasteiger partial charge in [0.05, 0.1) is 33.6 Å². The summed E-state index contributed by atoms with van der Waals surface area (Å²) >= 11 is 12.9. The Hall–Kier alpha value is -3.09. The summed E-state index contributed by atoms with van der Waals surface area (Å²) < 4.78 is 2.05. The molecule has 2 saturated carbocycles. The highest BCUT2D eigenvalue weighted by Gasteiger charge is 2.29. The van der Waals surface area contributed by atoms with Gasteiger partial charge in [-0.1, -0.05) is 36.0 Å². The number of imidazole rings is 1. The molecule has 4 N–H and O–H groups in total. The molecule has 3 aromatic rings. The summed E-state index contributed by atoms with van der Waals surface area (Å²) in [4.78, 5) is 25.8. The zero-order valence-corrected chi connectivity index (χ0v) is 20.6. The number of nitrogens with two attached hydrogens (primary N) is 1. The summed E-state index contributed by atoms with van der Waals surface area (Å²) in [6.45, 7) is 0. The van der Waals surface area contributed by atoms with Crippen LogP contribution in [0.15, 0.2) is 18.3 Å². The van der Waals surface area contributed by atoms with Crippen LogP contribution in [0.5, 0.6) is 0 Å². The van der Waals surface area contributed by atoms with Crippen LogP contribution >= 0.6 is 23.2 Å². The van der Waals surface area contributed by atoms with E-state index in [0.29, 0.717) is 63.2 Å². The Morgan fingerprint density at radius 1 is 1.09 bits per heavy atom. The molecule has 2 fully saturated rings. The lowest BCUT2D eigenvalue weighted by Gasteiger charge is -2.29. The largest absolute Gasteiger partial charge is 0.369 e. The van der Waals surface area contributed by atoms with Gasteiger partial charge in [-0.3, -0.25) is 9.36 Å². The van der Waals surface area contributed by atoms with Gasteiger partial charge < -0.3 is 16.4 Å². The first-order valence-corrected chi connectivity index (χ1v) is 12.7. The fraction of sp³-hybridized carbons (Fsp3) is 0.458. The van der Waals surface area contributed by atoms with Gasteiger partial charge in [0.25, 0.3) is 0 Å². The number of carbonyl (C=O) groups is 1. The number of rotatable bonds is 6. The molecule has 0 spiro atoms. The van der Waals surface area contributed by atoms with E-state index in [9.17, 15) is 10.1 Å². The SMILES string of the molecule is N#Cc1cc(Cl)c(Nc2nc3cnc(NC4CCCC4)nc3n2C2CCC(C(N)=O)CC2)c(Cl)c1. The van der Waals surface area contributed by atoms with E-state index in [0.717, 1.165) is 25.7 Å². The van der Waals surface area contributed by atoms with Gasteiger partial charge >= 0.3 is 0 Å². The lowest BCUT2D eigenvalue weighted by atomic mass is 9.85. The van der Waals surface area contributed by atoms with Crippen LogP contribution in [-0.4, -0.2) is 31.5 Å². The number of hydrogen-bond acceptors (Lipinski definition) is 7. The highest BCUT2D eigenvalue weighted by molar-refractivity contribution is 6.39. The third kappa shape index (κ3) is 4.86. The minimum atomic E-state index is -0.251. The number of primary amides is 1. The Bertz CT molecular complexity index is 1280. The minimum Gasteiger partial charge on any atom is -0.369 e. The molecule has 0 atom stereocenters. The van der Waals surface area contributed by atoms with E-state index in [1.807, 2.05) is 0 Å². The minimum absolute atomic E-state index is 0.0586. The van der Waals surface area contributed by atoms with E-state index in [2.05, 4.69) is 26.3 Å². The van der Waals surface area contributed by atoms with Gasteiger partial charge in [-0.2, -0.15) is 10.2 Å². The number of hydrogen-bond donors (Lipinski definition) is 3. The van der Waals surface area contributed by atoms with Crippen molar-refractivity contribution in [3.05, 3.63) is 33.9 Å². The van der Waals surface area contributed by atoms with Gasteiger partial charge in [0.15, 0.2) is 5.65 Å².